The van der Waals surface area contributed by atoms with Crippen LogP contribution in [-0.4, -0.2) is 25.7 Å². The molecule has 2 aromatic heterocycles. The molecule has 5 nitrogen and oxygen atoms in total. The van der Waals surface area contributed by atoms with Gasteiger partial charge in [0.05, 0.1) is 5.41 Å². The summed E-state index contributed by atoms with van der Waals surface area (Å²) in [5.74, 6) is -2.08. The molecule has 0 saturated heterocycles. The molecule has 0 amide bonds. The molecule has 8 heteroatoms. The summed E-state index contributed by atoms with van der Waals surface area (Å²) in [6.07, 6.45) is -3.19. The minimum atomic E-state index is -4.58. The molecule has 2 aromatic rings. The van der Waals surface area contributed by atoms with Gasteiger partial charge in [0.2, 0.25) is 5.82 Å². The highest BCUT2D eigenvalue weighted by Crippen LogP contribution is 2.28. The van der Waals surface area contributed by atoms with Crippen LogP contribution in [0.3, 0.4) is 0 Å². The molecule has 0 aromatic carbocycles. The third kappa shape index (κ3) is 2.59. The van der Waals surface area contributed by atoms with Gasteiger partial charge >= 0.3 is 12.1 Å². The van der Waals surface area contributed by atoms with Crippen molar-refractivity contribution in [3.05, 3.63) is 29.7 Å². The summed E-state index contributed by atoms with van der Waals surface area (Å²) in [4.78, 5) is 11.0. The molecule has 0 radical (unpaired) electrons. The van der Waals surface area contributed by atoms with Gasteiger partial charge in [0.15, 0.2) is 5.65 Å². The van der Waals surface area contributed by atoms with E-state index in [2.05, 4.69) is 10.2 Å². The molecular weight excluding hydrogens is 275 g/mol. The number of carbonyl (C=O) groups is 1. The summed E-state index contributed by atoms with van der Waals surface area (Å²) in [5.41, 5.74) is -0.382. The number of halogens is 3. The van der Waals surface area contributed by atoms with Crippen LogP contribution in [-0.2, 0) is 17.4 Å². The van der Waals surface area contributed by atoms with Gasteiger partial charge in [-0.05, 0) is 38.0 Å². The Kier molecular flexibility index (Phi) is 3.19. The maximum Gasteiger partial charge on any atom is 0.452 e. The van der Waals surface area contributed by atoms with E-state index in [9.17, 15) is 18.0 Å². The number of nitrogens with zero attached hydrogens (tertiary/aromatic N) is 3. The maximum absolute atomic E-state index is 12.6. The van der Waals surface area contributed by atoms with Gasteiger partial charge < -0.3 is 5.11 Å². The lowest BCUT2D eigenvalue weighted by atomic mass is 9.86. The van der Waals surface area contributed by atoms with Crippen molar-refractivity contribution in [3.8, 4) is 0 Å². The molecule has 108 valence electrons. The third-order valence-corrected chi connectivity index (χ3v) is 2.95. The Morgan fingerprint density at radius 1 is 1.35 bits per heavy atom. The second-order valence-electron chi connectivity index (χ2n) is 5.15. The Bertz CT molecular complexity index is 662. The van der Waals surface area contributed by atoms with Gasteiger partial charge in [-0.15, -0.1) is 10.2 Å². The van der Waals surface area contributed by atoms with Crippen LogP contribution in [0.4, 0.5) is 13.2 Å². The smallest absolute Gasteiger partial charge is 0.452 e. The van der Waals surface area contributed by atoms with Crippen molar-refractivity contribution in [3.63, 3.8) is 0 Å². The lowest BCUT2D eigenvalue weighted by Gasteiger charge is -2.18. The van der Waals surface area contributed by atoms with E-state index < -0.39 is 23.4 Å². The number of pyridine rings is 1. The van der Waals surface area contributed by atoms with Crippen molar-refractivity contribution >= 4 is 11.6 Å². The standard InChI is InChI=1S/C12H12F3N3O2/c1-11(2,10(19)20)6-7-3-4-18-8(5-7)16-17-9(18)12(13,14)15/h3-5H,6H2,1-2H3,(H,19,20). The van der Waals surface area contributed by atoms with E-state index in [0.717, 1.165) is 4.40 Å². The monoisotopic (exact) mass is 287 g/mol. The van der Waals surface area contributed by atoms with Crippen molar-refractivity contribution in [2.75, 3.05) is 0 Å². The van der Waals surface area contributed by atoms with E-state index >= 15 is 0 Å². The topological polar surface area (TPSA) is 67.5 Å². The predicted octanol–water partition coefficient (Wildman–Crippen LogP) is 2.40. The van der Waals surface area contributed by atoms with Crippen molar-refractivity contribution in [1.29, 1.82) is 0 Å². The number of hydrogen-bond donors (Lipinski definition) is 1. The number of carboxylic acid groups (broad SMARTS) is 1. The van der Waals surface area contributed by atoms with Crippen molar-refractivity contribution in [1.82, 2.24) is 14.6 Å². The summed E-state index contributed by atoms with van der Waals surface area (Å²) in [5, 5.41) is 15.6. The highest BCUT2D eigenvalue weighted by Gasteiger charge is 2.37. The molecule has 0 spiro atoms. The van der Waals surface area contributed by atoms with Gasteiger partial charge in [-0.25, -0.2) is 0 Å². The first-order valence-electron chi connectivity index (χ1n) is 5.75. The Hall–Kier alpha value is -2.12. The average Bonchev–Trinajstić information content (AvgIpc) is 2.70. The summed E-state index contributed by atoms with van der Waals surface area (Å²) >= 11 is 0. The molecule has 0 fully saturated rings. The van der Waals surface area contributed by atoms with Gasteiger partial charge in [0, 0.05) is 6.20 Å². The zero-order chi connectivity index (χ0) is 15.1. The van der Waals surface area contributed by atoms with Gasteiger partial charge in [-0.2, -0.15) is 13.2 Å². The summed E-state index contributed by atoms with van der Waals surface area (Å²) in [6, 6.07) is 2.85. The van der Waals surface area contributed by atoms with E-state index in [1.54, 1.807) is 13.8 Å². The Labute approximate surface area is 112 Å². The quantitative estimate of drug-likeness (QED) is 0.941. The lowest BCUT2D eigenvalue weighted by Crippen LogP contribution is -2.26. The fourth-order valence-electron chi connectivity index (χ4n) is 1.82. The molecule has 2 rings (SSSR count). The van der Waals surface area contributed by atoms with E-state index in [1.807, 2.05) is 0 Å². The SMILES string of the molecule is CC(C)(Cc1ccn2c(C(F)(F)F)nnc2c1)C(=O)O. The van der Waals surface area contributed by atoms with E-state index in [4.69, 9.17) is 5.11 Å². The van der Waals surface area contributed by atoms with Gasteiger partial charge in [-0.3, -0.25) is 9.20 Å². The predicted molar refractivity (Wildman–Crippen MR) is 63.1 cm³/mol. The Morgan fingerprint density at radius 2 is 2.00 bits per heavy atom. The average molecular weight is 287 g/mol. The van der Waals surface area contributed by atoms with E-state index in [-0.39, 0.29) is 12.1 Å². The molecule has 0 aliphatic carbocycles. The minimum Gasteiger partial charge on any atom is -0.481 e. The van der Waals surface area contributed by atoms with E-state index in [1.165, 1.54) is 18.3 Å². The van der Waals surface area contributed by atoms with Crippen LogP contribution in [0.2, 0.25) is 0 Å². The molecular formula is C12H12F3N3O2. The summed E-state index contributed by atoms with van der Waals surface area (Å²) in [6.45, 7) is 3.09. The molecule has 20 heavy (non-hydrogen) atoms. The fraction of sp³-hybridized carbons (Fsp3) is 0.417. The highest BCUT2D eigenvalue weighted by atomic mass is 19.4. The molecule has 0 saturated carbocycles. The number of aromatic nitrogens is 3. The van der Waals surface area contributed by atoms with Crippen molar-refractivity contribution in [2.24, 2.45) is 5.41 Å². The lowest BCUT2D eigenvalue weighted by molar-refractivity contribution is -0.147. The largest absolute Gasteiger partial charge is 0.481 e. The molecule has 0 bridgehead atoms. The molecule has 0 atom stereocenters. The fourth-order valence-corrected chi connectivity index (χ4v) is 1.82. The molecule has 0 aliphatic heterocycles. The second kappa shape index (κ2) is 4.46. The van der Waals surface area contributed by atoms with Crippen LogP contribution in [0.1, 0.15) is 25.2 Å². The van der Waals surface area contributed by atoms with Crippen LogP contribution in [0.15, 0.2) is 18.3 Å². The highest BCUT2D eigenvalue weighted by molar-refractivity contribution is 5.74. The van der Waals surface area contributed by atoms with Crippen LogP contribution < -0.4 is 0 Å². The number of aliphatic carboxylic acids is 1. The first-order valence-corrected chi connectivity index (χ1v) is 5.75. The number of hydrogen-bond acceptors (Lipinski definition) is 3. The van der Waals surface area contributed by atoms with Crippen LogP contribution in [0, 0.1) is 5.41 Å². The molecule has 0 aliphatic rings. The van der Waals surface area contributed by atoms with Crippen molar-refractivity contribution < 1.29 is 23.1 Å². The Balaban J connectivity index is 2.39. The first kappa shape index (κ1) is 14.3. The zero-order valence-electron chi connectivity index (χ0n) is 10.8. The number of alkyl halides is 3. The van der Waals surface area contributed by atoms with Gasteiger partial charge in [0.1, 0.15) is 0 Å². The summed E-state index contributed by atoms with van der Waals surface area (Å²) < 4.78 is 38.7. The van der Waals surface area contributed by atoms with Crippen LogP contribution in [0.25, 0.3) is 5.65 Å². The van der Waals surface area contributed by atoms with Gasteiger partial charge in [-0.1, -0.05) is 0 Å². The first-order chi connectivity index (χ1) is 9.11. The zero-order valence-corrected chi connectivity index (χ0v) is 10.8. The molecule has 0 unspecified atom stereocenters. The second-order valence-corrected chi connectivity index (χ2v) is 5.15. The number of carboxylic acids is 1. The Morgan fingerprint density at radius 3 is 2.55 bits per heavy atom. The van der Waals surface area contributed by atoms with E-state index in [0.29, 0.717) is 5.56 Å². The number of rotatable bonds is 3. The van der Waals surface area contributed by atoms with Gasteiger partial charge in [0.25, 0.3) is 0 Å². The number of fused-ring (bicyclic) bond motifs is 1. The van der Waals surface area contributed by atoms with Crippen molar-refractivity contribution in [2.45, 2.75) is 26.4 Å². The third-order valence-electron chi connectivity index (χ3n) is 2.95. The van der Waals surface area contributed by atoms with Crippen LogP contribution >= 0.6 is 0 Å². The molecule has 1 N–H and O–H groups in total. The molecule has 2 heterocycles. The normalized spacial score (nSPS) is 12.8. The minimum absolute atomic E-state index is 0.0380. The maximum atomic E-state index is 12.6. The van der Waals surface area contributed by atoms with Crippen LogP contribution in [0.5, 0.6) is 0 Å². The summed E-state index contributed by atoms with van der Waals surface area (Å²) in [7, 11) is 0.